The van der Waals surface area contributed by atoms with E-state index in [2.05, 4.69) is 4.74 Å². The molecule has 0 heterocycles. The van der Waals surface area contributed by atoms with Crippen molar-refractivity contribution in [2.75, 3.05) is 21.0 Å². The maximum atomic E-state index is 11.6. The van der Waals surface area contributed by atoms with Crippen LogP contribution in [0.2, 0.25) is 0 Å². The molecule has 0 atom stereocenters. The Kier molecular flexibility index (Phi) is 4.49. The first-order valence-corrected chi connectivity index (χ1v) is 4.89. The highest BCUT2D eigenvalue weighted by molar-refractivity contribution is 5.94. The number of rotatable bonds is 4. The van der Waals surface area contributed by atoms with Gasteiger partial charge < -0.3 is 14.2 Å². The molecule has 0 saturated heterocycles. The highest BCUT2D eigenvalue weighted by Gasteiger charge is 2.18. The molecular weight excluding hydrogens is 222 g/mol. The van der Waals surface area contributed by atoms with E-state index in [1.807, 2.05) is 6.07 Å². The van der Waals surface area contributed by atoms with Gasteiger partial charge in [-0.3, -0.25) is 0 Å². The Bertz CT molecular complexity index is 462. The quantitative estimate of drug-likeness (QED) is 0.586. The third-order valence-corrected chi connectivity index (χ3v) is 2.27. The van der Waals surface area contributed by atoms with Crippen LogP contribution in [0.25, 0.3) is 0 Å². The molecule has 1 aromatic carbocycles. The fourth-order valence-corrected chi connectivity index (χ4v) is 1.41. The van der Waals surface area contributed by atoms with E-state index in [9.17, 15) is 4.79 Å². The Morgan fingerprint density at radius 2 is 2.12 bits per heavy atom. The summed E-state index contributed by atoms with van der Waals surface area (Å²) in [4.78, 5) is 11.6. The molecule has 0 amide bonds. The minimum Gasteiger partial charge on any atom is -0.467 e. The summed E-state index contributed by atoms with van der Waals surface area (Å²) in [5.74, 6) is -0.194. The standard InChI is InChI=1S/C12H13NO4/c1-8-9(6-13)4-5-10(17-7-15-2)11(8)12(14)16-3/h4-5H,7H2,1-3H3. The molecule has 0 aliphatic rings. The molecule has 0 aliphatic carbocycles. The number of ether oxygens (including phenoxy) is 3. The van der Waals surface area contributed by atoms with E-state index >= 15 is 0 Å². The van der Waals surface area contributed by atoms with Gasteiger partial charge >= 0.3 is 5.97 Å². The number of nitrogens with zero attached hydrogens (tertiary/aromatic N) is 1. The summed E-state index contributed by atoms with van der Waals surface area (Å²) in [5.41, 5.74) is 1.20. The molecule has 0 bridgehead atoms. The highest BCUT2D eigenvalue weighted by atomic mass is 16.7. The summed E-state index contributed by atoms with van der Waals surface area (Å²) in [7, 11) is 2.76. The van der Waals surface area contributed by atoms with E-state index in [4.69, 9.17) is 14.7 Å². The van der Waals surface area contributed by atoms with E-state index in [-0.39, 0.29) is 12.4 Å². The summed E-state index contributed by atoms with van der Waals surface area (Å²) >= 11 is 0. The molecule has 0 saturated carbocycles. The lowest BCUT2D eigenvalue weighted by Crippen LogP contribution is -2.10. The lowest BCUT2D eigenvalue weighted by Gasteiger charge is -2.12. The second kappa shape index (κ2) is 5.87. The van der Waals surface area contributed by atoms with Gasteiger partial charge in [0, 0.05) is 7.11 Å². The molecule has 1 rings (SSSR count). The van der Waals surface area contributed by atoms with Crippen LogP contribution in [-0.4, -0.2) is 27.0 Å². The van der Waals surface area contributed by atoms with Crippen molar-refractivity contribution in [3.05, 3.63) is 28.8 Å². The van der Waals surface area contributed by atoms with Crippen LogP contribution in [-0.2, 0) is 9.47 Å². The van der Waals surface area contributed by atoms with Gasteiger partial charge in [0.25, 0.3) is 0 Å². The maximum absolute atomic E-state index is 11.6. The third kappa shape index (κ3) is 2.74. The van der Waals surface area contributed by atoms with Crippen LogP contribution in [0.3, 0.4) is 0 Å². The zero-order valence-electron chi connectivity index (χ0n) is 9.94. The molecule has 5 nitrogen and oxygen atoms in total. The van der Waals surface area contributed by atoms with Gasteiger partial charge in [-0.1, -0.05) is 0 Å². The van der Waals surface area contributed by atoms with Crippen molar-refractivity contribution in [3.8, 4) is 11.8 Å². The summed E-state index contributed by atoms with van der Waals surface area (Å²) in [6.45, 7) is 1.69. The van der Waals surface area contributed by atoms with Crippen LogP contribution in [0.1, 0.15) is 21.5 Å². The van der Waals surface area contributed by atoms with Crippen molar-refractivity contribution < 1.29 is 19.0 Å². The topological polar surface area (TPSA) is 68.5 Å². The van der Waals surface area contributed by atoms with Gasteiger partial charge in [-0.25, -0.2) is 4.79 Å². The van der Waals surface area contributed by atoms with Crippen molar-refractivity contribution in [1.82, 2.24) is 0 Å². The molecule has 0 fully saturated rings. The number of benzene rings is 1. The fraction of sp³-hybridized carbons (Fsp3) is 0.333. The molecule has 0 aromatic heterocycles. The fourth-order valence-electron chi connectivity index (χ4n) is 1.41. The second-order valence-electron chi connectivity index (χ2n) is 3.27. The Balaban J connectivity index is 3.26. The van der Waals surface area contributed by atoms with Crippen LogP contribution in [0.4, 0.5) is 0 Å². The normalized spacial score (nSPS) is 9.53. The van der Waals surface area contributed by atoms with Crippen LogP contribution in [0, 0.1) is 18.3 Å². The van der Waals surface area contributed by atoms with Crippen LogP contribution in [0.15, 0.2) is 12.1 Å². The van der Waals surface area contributed by atoms with E-state index in [1.165, 1.54) is 14.2 Å². The Morgan fingerprint density at radius 3 is 2.65 bits per heavy atom. The lowest BCUT2D eigenvalue weighted by atomic mass is 10.0. The Morgan fingerprint density at radius 1 is 1.41 bits per heavy atom. The van der Waals surface area contributed by atoms with E-state index in [0.717, 1.165) is 0 Å². The van der Waals surface area contributed by atoms with Crippen molar-refractivity contribution >= 4 is 5.97 Å². The summed E-state index contributed by atoms with van der Waals surface area (Å²) in [6, 6.07) is 5.15. The van der Waals surface area contributed by atoms with Gasteiger partial charge in [-0.15, -0.1) is 0 Å². The Hall–Kier alpha value is -2.06. The smallest absolute Gasteiger partial charge is 0.341 e. The minimum atomic E-state index is -0.536. The molecule has 17 heavy (non-hydrogen) atoms. The Labute approximate surface area is 99.5 Å². The average Bonchev–Trinajstić information content (AvgIpc) is 2.35. The van der Waals surface area contributed by atoms with Gasteiger partial charge in [0.05, 0.1) is 18.7 Å². The third-order valence-electron chi connectivity index (χ3n) is 2.27. The van der Waals surface area contributed by atoms with E-state index in [0.29, 0.717) is 16.9 Å². The van der Waals surface area contributed by atoms with Crippen LogP contribution >= 0.6 is 0 Å². The average molecular weight is 235 g/mol. The number of hydrogen-bond acceptors (Lipinski definition) is 5. The number of methoxy groups -OCH3 is 2. The maximum Gasteiger partial charge on any atom is 0.341 e. The highest BCUT2D eigenvalue weighted by Crippen LogP contribution is 2.25. The molecule has 0 N–H and O–H groups in total. The first kappa shape index (κ1) is 13.0. The van der Waals surface area contributed by atoms with Gasteiger partial charge in [0.15, 0.2) is 6.79 Å². The predicted molar refractivity (Wildman–Crippen MR) is 59.7 cm³/mol. The van der Waals surface area contributed by atoms with Crippen molar-refractivity contribution in [1.29, 1.82) is 5.26 Å². The number of nitriles is 1. The molecule has 0 unspecified atom stereocenters. The van der Waals surface area contributed by atoms with Crippen LogP contribution in [0.5, 0.6) is 5.75 Å². The monoisotopic (exact) mass is 235 g/mol. The molecular formula is C12H13NO4. The van der Waals surface area contributed by atoms with E-state index in [1.54, 1.807) is 19.1 Å². The van der Waals surface area contributed by atoms with Crippen molar-refractivity contribution in [2.45, 2.75) is 6.92 Å². The molecule has 1 aromatic rings. The van der Waals surface area contributed by atoms with Gasteiger partial charge in [0.1, 0.15) is 11.3 Å². The summed E-state index contributed by atoms with van der Waals surface area (Å²) < 4.78 is 14.7. The van der Waals surface area contributed by atoms with Gasteiger partial charge in [-0.2, -0.15) is 5.26 Å². The molecule has 0 radical (unpaired) electrons. The van der Waals surface area contributed by atoms with E-state index < -0.39 is 5.97 Å². The predicted octanol–water partition coefficient (Wildman–Crippen LogP) is 1.64. The second-order valence-corrected chi connectivity index (χ2v) is 3.27. The summed E-state index contributed by atoms with van der Waals surface area (Å²) in [6.07, 6.45) is 0. The number of hydrogen-bond donors (Lipinski definition) is 0. The number of esters is 1. The summed E-state index contributed by atoms with van der Waals surface area (Å²) in [5, 5.41) is 8.90. The van der Waals surface area contributed by atoms with Crippen molar-refractivity contribution in [2.24, 2.45) is 0 Å². The lowest BCUT2D eigenvalue weighted by molar-refractivity contribution is 0.0464. The van der Waals surface area contributed by atoms with Crippen molar-refractivity contribution in [3.63, 3.8) is 0 Å². The molecule has 0 aliphatic heterocycles. The molecule has 0 spiro atoms. The zero-order chi connectivity index (χ0) is 12.8. The van der Waals surface area contributed by atoms with Crippen LogP contribution < -0.4 is 4.74 Å². The largest absolute Gasteiger partial charge is 0.467 e. The zero-order valence-corrected chi connectivity index (χ0v) is 9.94. The SMILES string of the molecule is COCOc1ccc(C#N)c(C)c1C(=O)OC. The van der Waals surface area contributed by atoms with Gasteiger partial charge in [0.2, 0.25) is 0 Å². The first-order chi connectivity index (χ1) is 8.15. The molecule has 5 heteroatoms. The first-order valence-electron chi connectivity index (χ1n) is 4.89. The number of carbonyl (C=O) groups is 1. The van der Waals surface area contributed by atoms with Gasteiger partial charge in [-0.05, 0) is 24.6 Å². The minimum absolute atomic E-state index is 0.0231. The number of carbonyl (C=O) groups excluding carboxylic acids is 1. The molecule has 90 valence electrons.